The predicted molar refractivity (Wildman–Crippen MR) is 94.6 cm³/mol. The molecule has 0 saturated carbocycles. The highest BCUT2D eigenvalue weighted by molar-refractivity contribution is 9.10. The molecule has 0 aliphatic carbocycles. The minimum absolute atomic E-state index is 0.171. The second-order valence-electron chi connectivity index (χ2n) is 5.85. The molecule has 0 radical (unpaired) electrons. The maximum Gasteiger partial charge on any atom is 0.228 e. The maximum absolute atomic E-state index is 8.87. The number of aromatic nitrogens is 4. The normalized spacial score (nSPS) is 12.5. The van der Waals surface area contributed by atoms with Gasteiger partial charge in [-0.3, -0.25) is 0 Å². The van der Waals surface area contributed by atoms with Crippen LogP contribution in [0, 0.1) is 11.3 Å². The van der Waals surface area contributed by atoms with Crippen LogP contribution in [0.1, 0.15) is 17.0 Å². The van der Waals surface area contributed by atoms with E-state index in [1.54, 1.807) is 10.8 Å². The van der Waals surface area contributed by atoms with Crippen LogP contribution in [0.3, 0.4) is 0 Å². The molecular weight excluding hydrogens is 382 g/mol. The number of nitrogens with zero attached hydrogens (tertiary/aromatic N) is 5. The van der Waals surface area contributed by atoms with Crippen molar-refractivity contribution in [2.45, 2.75) is 12.8 Å². The Labute approximate surface area is 150 Å². The van der Waals surface area contributed by atoms with Gasteiger partial charge in [0.1, 0.15) is 12.1 Å². The molecule has 5 rings (SSSR count). The molecule has 0 amide bonds. The Morgan fingerprint density at radius 1 is 1.24 bits per heavy atom. The molecule has 3 heterocycles. The number of fused-ring (bicyclic) bond motifs is 6. The lowest BCUT2D eigenvalue weighted by atomic mass is 9.96. The third-order valence-corrected chi connectivity index (χ3v) is 4.83. The molecule has 4 aromatic rings. The molecule has 120 valence electrons. The van der Waals surface area contributed by atoms with Crippen LogP contribution >= 0.6 is 15.9 Å². The fraction of sp³-hybridized carbons (Fsp3) is 0.111. The highest BCUT2D eigenvalue weighted by Crippen LogP contribution is 2.40. The first kappa shape index (κ1) is 14.4. The van der Waals surface area contributed by atoms with Crippen LogP contribution in [0.4, 0.5) is 0 Å². The van der Waals surface area contributed by atoms with E-state index in [-0.39, 0.29) is 6.42 Å². The summed E-state index contributed by atoms with van der Waals surface area (Å²) in [5, 5.41) is 15.5. The number of nitriles is 1. The zero-order valence-corrected chi connectivity index (χ0v) is 14.5. The van der Waals surface area contributed by atoms with Crippen LogP contribution < -0.4 is 4.74 Å². The van der Waals surface area contributed by atoms with Gasteiger partial charge >= 0.3 is 0 Å². The average molecular weight is 392 g/mol. The molecule has 6 nitrogen and oxygen atoms in total. The van der Waals surface area contributed by atoms with Crippen molar-refractivity contribution in [2.24, 2.45) is 0 Å². The number of benzene rings is 2. The Morgan fingerprint density at radius 2 is 2.16 bits per heavy atom. The molecule has 2 aromatic heterocycles. The first-order valence-electron chi connectivity index (χ1n) is 7.72. The molecule has 0 fully saturated rings. The van der Waals surface area contributed by atoms with Crippen molar-refractivity contribution >= 4 is 32.3 Å². The molecule has 0 atom stereocenters. The fourth-order valence-electron chi connectivity index (χ4n) is 3.23. The predicted octanol–water partition coefficient (Wildman–Crippen LogP) is 3.80. The largest absolute Gasteiger partial charge is 0.438 e. The van der Waals surface area contributed by atoms with Crippen LogP contribution in [0.2, 0.25) is 0 Å². The first-order valence-corrected chi connectivity index (χ1v) is 8.51. The molecule has 0 bridgehead atoms. The number of ether oxygens (including phenoxy) is 1. The van der Waals surface area contributed by atoms with Crippen LogP contribution in [0.25, 0.3) is 16.4 Å². The Hall–Kier alpha value is -2.98. The van der Waals surface area contributed by atoms with Crippen LogP contribution in [-0.4, -0.2) is 19.6 Å². The van der Waals surface area contributed by atoms with Gasteiger partial charge in [0, 0.05) is 16.5 Å². The summed E-state index contributed by atoms with van der Waals surface area (Å²) in [5.41, 5.74) is 2.69. The Morgan fingerprint density at radius 3 is 3.04 bits per heavy atom. The van der Waals surface area contributed by atoms with E-state index in [1.165, 1.54) is 0 Å². The van der Waals surface area contributed by atoms with Crippen molar-refractivity contribution in [3.8, 4) is 17.7 Å². The SMILES string of the molecule is N#CCc1nc2c3c(ncn2n1)Oc1ccc2cc(Br)ccc2c1C3. The summed E-state index contributed by atoms with van der Waals surface area (Å²) in [4.78, 5) is 8.85. The Bertz CT molecular complexity index is 1210. The number of halogens is 1. The van der Waals surface area contributed by atoms with Crippen molar-refractivity contribution < 1.29 is 4.74 Å². The van der Waals surface area contributed by atoms with Crippen LogP contribution in [0.15, 0.2) is 41.1 Å². The van der Waals surface area contributed by atoms with E-state index < -0.39 is 0 Å². The molecule has 0 N–H and O–H groups in total. The smallest absolute Gasteiger partial charge is 0.228 e. The zero-order valence-electron chi connectivity index (χ0n) is 12.9. The van der Waals surface area contributed by atoms with E-state index in [0.29, 0.717) is 23.8 Å². The molecule has 25 heavy (non-hydrogen) atoms. The van der Waals surface area contributed by atoms with Crippen molar-refractivity contribution in [3.63, 3.8) is 0 Å². The maximum atomic E-state index is 8.87. The van der Waals surface area contributed by atoms with Crippen molar-refractivity contribution in [1.29, 1.82) is 5.26 Å². The molecule has 2 aromatic carbocycles. The summed E-state index contributed by atoms with van der Waals surface area (Å²) < 4.78 is 8.68. The quantitative estimate of drug-likeness (QED) is 0.434. The molecule has 1 aliphatic rings. The third-order valence-electron chi connectivity index (χ3n) is 4.34. The van der Waals surface area contributed by atoms with Crippen molar-refractivity contribution in [2.75, 3.05) is 0 Å². The van der Waals surface area contributed by atoms with E-state index >= 15 is 0 Å². The number of hydrogen-bond acceptors (Lipinski definition) is 5. The second kappa shape index (κ2) is 5.26. The molecule has 7 heteroatoms. The zero-order chi connectivity index (χ0) is 17.0. The molecule has 0 unspecified atom stereocenters. The molecule has 0 spiro atoms. The summed E-state index contributed by atoms with van der Waals surface area (Å²) >= 11 is 3.52. The molecular formula is C18H10BrN5O. The van der Waals surface area contributed by atoms with Gasteiger partial charge in [0.05, 0.1) is 18.1 Å². The van der Waals surface area contributed by atoms with E-state index in [2.05, 4.69) is 49.2 Å². The average Bonchev–Trinajstić information content (AvgIpc) is 3.03. The topological polar surface area (TPSA) is 76.1 Å². The van der Waals surface area contributed by atoms with Crippen LogP contribution in [-0.2, 0) is 12.8 Å². The van der Waals surface area contributed by atoms with Gasteiger partial charge in [0.15, 0.2) is 11.5 Å². The van der Waals surface area contributed by atoms with E-state index in [9.17, 15) is 0 Å². The third kappa shape index (κ3) is 2.18. The highest BCUT2D eigenvalue weighted by atomic mass is 79.9. The van der Waals surface area contributed by atoms with Crippen molar-refractivity contribution in [1.82, 2.24) is 19.6 Å². The highest BCUT2D eigenvalue weighted by Gasteiger charge is 2.24. The minimum Gasteiger partial charge on any atom is -0.438 e. The van der Waals surface area contributed by atoms with Gasteiger partial charge in [-0.25, -0.2) is 14.5 Å². The molecule has 0 saturated heterocycles. The minimum atomic E-state index is 0.171. The van der Waals surface area contributed by atoms with Gasteiger partial charge in [0.2, 0.25) is 5.88 Å². The number of rotatable bonds is 1. The van der Waals surface area contributed by atoms with Gasteiger partial charge in [0.25, 0.3) is 0 Å². The Balaban J connectivity index is 1.72. The standard InChI is InChI=1S/C18H10BrN5O/c19-11-2-3-12-10(7-11)1-4-15-13(12)8-14-17-22-16(5-6-20)23-24(17)9-21-18(14)25-15/h1-4,7,9H,5,8H2. The monoisotopic (exact) mass is 391 g/mol. The summed E-state index contributed by atoms with van der Waals surface area (Å²) in [6.07, 6.45) is 2.40. The van der Waals surface area contributed by atoms with Crippen molar-refractivity contribution in [3.05, 3.63) is 58.1 Å². The summed E-state index contributed by atoms with van der Waals surface area (Å²) in [6.45, 7) is 0. The lowest BCUT2D eigenvalue weighted by molar-refractivity contribution is 0.440. The lowest BCUT2D eigenvalue weighted by Crippen LogP contribution is -2.08. The van der Waals surface area contributed by atoms with Crippen LogP contribution in [0.5, 0.6) is 11.6 Å². The van der Waals surface area contributed by atoms with E-state index in [0.717, 1.165) is 32.1 Å². The fourth-order valence-corrected chi connectivity index (χ4v) is 3.61. The first-order chi connectivity index (χ1) is 12.2. The van der Waals surface area contributed by atoms with Gasteiger partial charge in [-0.2, -0.15) is 5.26 Å². The lowest BCUT2D eigenvalue weighted by Gasteiger charge is -2.20. The van der Waals surface area contributed by atoms with E-state index in [1.807, 2.05) is 18.2 Å². The van der Waals surface area contributed by atoms with Gasteiger partial charge < -0.3 is 4.74 Å². The van der Waals surface area contributed by atoms with E-state index in [4.69, 9.17) is 10.00 Å². The summed E-state index contributed by atoms with van der Waals surface area (Å²) in [6, 6.07) is 12.3. The van der Waals surface area contributed by atoms with Gasteiger partial charge in [-0.15, -0.1) is 5.10 Å². The van der Waals surface area contributed by atoms with Gasteiger partial charge in [-0.05, 0) is 29.0 Å². The molecule has 1 aliphatic heterocycles. The second-order valence-corrected chi connectivity index (χ2v) is 6.76. The summed E-state index contributed by atoms with van der Waals surface area (Å²) in [7, 11) is 0. The Kier molecular flexibility index (Phi) is 3.02. The summed E-state index contributed by atoms with van der Waals surface area (Å²) in [5.74, 6) is 1.86. The van der Waals surface area contributed by atoms with Gasteiger partial charge in [-0.1, -0.05) is 28.1 Å². The number of hydrogen-bond donors (Lipinski definition) is 0.